The summed E-state index contributed by atoms with van der Waals surface area (Å²) in [6.45, 7) is 3.97. The van der Waals surface area contributed by atoms with Crippen molar-refractivity contribution in [1.29, 1.82) is 0 Å². The summed E-state index contributed by atoms with van der Waals surface area (Å²) in [5.41, 5.74) is 8.02. The lowest BCUT2D eigenvalue weighted by atomic mass is 10.2. The Labute approximate surface area is 72.2 Å². The zero-order valence-corrected chi connectivity index (χ0v) is 7.49. The SMILES string of the molecule is CCCC(CC)OC(=O)C=[N+]=[N-]. The van der Waals surface area contributed by atoms with Gasteiger partial charge in [-0.25, -0.2) is 4.79 Å². The minimum absolute atomic E-state index is 0.0551. The topological polar surface area (TPSA) is 62.7 Å². The lowest BCUT2D eigenvalue weighted by Gasteiger charge is -2.11. The maximum absolute atomic E-state index is 10.8. The first-order valence-electron chi connectivity index (χ1n) is 4.12. The Balaban J connectivity index is 3.84. The second kappa shape index (κ2) is 6.55. The predicted octanol–water partition coefficient (Wildman–Crippen LogP) is 1.41. The maximum Gasteiger partial charge on any atom is 0.413 e. The Morgan fingerprint density at radius 3 is 2.75 bits per heavy atom. The molecule has 0 heterocycles. The molecule has 12 heavy (non-hydrogen) atoms. The van der Waals surface area contributed by atoms with Gasteiger partial charge < -0.3 is 10.3 Å². The summed E-state index contributed by atoms with van der Waals surface area (Å²) in [5.74, 6) is -0.585. The van der Waals surface area contributed by atoms with Gasteiger partial charge in [0.15, 0.2) is 0 Å². The highest BCUT2D eigenvalue weighted by molar-refractivity contribution is 6.20. The zero-order valence-electron chi connectivity index (χ0n) is 7.49. The molecule has 0 spiro atoms. The van der Waals surface area contributed by atoms with Gasteiger partial charge in [-0.2, -0.15) is 4.79 Å². The van der Waals surface area contributed by atoms with Crippen LogP contribution in [-0.2, 0) is 9.53 Å². The van der Waals surface area contributed by atoms with Gasteiger partial charge in [-0.1, -0.05) is 20.3 Å². The van der Waals surface area contributed by atoms with Gasteiger partial charge >= 0.3 is 12.2 Å². The van der Waals surface area contributed by atoms with Gasteiger partial charge in [0.2, 0.25) is 0 Å². The second-order valence-corrected chi connectivity index (χ2v) is 2.50. The van der Waals surface area contributed by atoms with Gasteiger partial charge in [0, 0.05) is 0 Å². The van der Waals surface area contributed by atoms with Crippen LogP contribution in [0.5, 0.6) is 0 Å². The summed E-state index contributed by atoms with van der Waals surface area (Å²) in [6.07, 6.45) is 3.32. The summed E-state index contributed by atoms with van der Waals surface area (Å²) in [4.78, 5) is 13.3. The second-order valence-electron chi connectivity index (χ2n) is 2.50. The van der Waals surface area contributed by atoms with Crippen molar-refractivity contribution >= 4 is 12.2 Å². The first-order chi connectivity index (χ1) is 5.74. The summed E-state index contributed by atoms with van der Waals surface area (Å²) in [7, 11) is 0. The molecule has 0 bridgehead atoms. The third-order valence-corrected chi connectivity index (χ3v) is 1.51. The van der Waals surface area contributed by atoms with E-state index in [-0.39, 0.29) is 6.10 Å². The molecule has 68 valence electrons. The summed E-state index contributed by atoms with van der Waals surface area (Å²) < 4.78 is 4.93. The fourth-order valence-corrected chi connectivity index (χ4v) is 0.910. The zero-order chi connectivity index (χ0) is 9.40. The van der Waals surface area contributed by atoms with E-state index in [0.717, 1.165) is 25.5 Å². The van der Waals surface area contributed by atoms with Crippen molar-refractivity contribution in [3.63, 3.8) is 0 Å². The number of ether oxygens (including phenoxy) is 1. The number of hydrogen-bond acceptors (Lipinski definition) is 2. The van der Waals surface area contributed by atoms with Crippen LogP contribution in [-0.4, -0.2) is 23.1 Å². The Morgan fingerprint density at radius 2 is 2.33 bits per heavy atom. The van der Waals surface area contributed by atoms with E-state index in [0.29, 0.717) is 0 Å². The number of hydrogen-bond donors (Lipinski definition) is 0. The molecule has 0 aliphatic heterocycles. The molecule has 0 rings (SSSR count). The molecular weight excluding hydrogens is 156 g/mol. The van der Waals surface area contributed by atoms with E-state index < -0.39 is 5.97 Å². The Morgan fingerprint density at radius 1 is 1.67 bits per heavy atom. The highest BCUT2D eigenvalue weighted by Gasteiger charge is 2.11. The van der Waals surface area contributed by atoms with Crippen LogP contribution in [0, 0.1) is 0 Å². The van der Waals surface area contributed by atoms with E-state index in [1.165, 1.54) is 0 Å². The van der Waals surface area contributed by atoms with Crippen LogP contribution >= 0.6 is 0 Å². The minimum atomic E-state index is -0.585. The molecule has 0 aromatic heterocycles. The molecule has 0 saturated carbocycles. The normalized spacial score (nSPS) is 11.5. The number of rotatable bonds is 5. The van der Waals surface area contributed by atoms with E-state index in [9.17, 15) is 4.79 Å². The van der Waals surface area contributed by atoms with Crippen LogP contribution in [0.15, 0.2) is 0 Å². The molecule has 0 fully saturated rings. The average molecular weight is 170 g/mol. The molecule has 0 amide bonds. The van der Waals surface area contributed by atoms with Crippen molar-refractivity contribution in [3.8, 4) is 0 Å². The number of esters is 1. The predicted molar refractivity (Wildman–Crippen MR) is 44.8 cm³/mol. The van der Waals surface area contributed by atoms with E-state index >= 15 is 0 Å². The molecular formula is C8H14N2O2. The molecule has 0 N–H and O–H groups in total. The van der Waals surface area contributed by atoms with Gasteiger partial charge in [-0.05, 0) is 12.8 Å². The van der Waals surface area contributed by atoms with Crippen LogP contribution in [0.1, 0.15) is 33.1 Å². The van der Waals surface area contributed by atoms with Crippen LogP contribution in [0.2, 0.25) is 0 Å². The van der Waals surface area contributed by atoms with Crippen molar-refractivity contribution in [3.05, 3.63) is 5.53 Å². The van der Waals surface area contributed by atoms with Crippen LogP contribution in [0.3, 0.4) is 0 Å². The van der Waals surface area contributed by atoms with Crippen molar-refractivity contribution in [2.45, 2.75) is 39.2 Å². The van der Waals surface area contributed by atoms with E-state index in [1.54, 1.807) is 0 Å². The minimum Gasteiger partial charge on any atom is -0.454 e. The number of nitrogens with zero attached hydrogens (tertiary/aromatic N) is 2. The fraction of sp³-hybridized carbons (Fsp3) is 0.750. The van der Waals surface area contributed by atoms with Gasteiger partial charge in [0.25, 0.3) is 0 Å². The molecule has 4 heteroatoms. The monoisotopic (exact) mass is 170 g/mol. The third-order valence-electron chi connectivity index (χ3n) is 1.51. The standard InChI is InChI=1S/C8H14N2O2/c1-3-5-7(4-2)12-8(11)6-10-9/h6-7H,3-5H2,1-2H3. The van der Waals surface area contributed by atoms with Crippen molar-refractivity contribution in [1.82, 2.24) is 0 Å². The fourth-order valence-electron chi connectivity index (χ4n) is 0.910. The van der Waals surface area contributed by atoms with Gasteiger partial charge in [-0.15, -0.1) is 0 Å². The van der Waals surface area contributed by atoms with E-state index in [4.69, 9.17) is 10.3 Å². The highest BCUT2D eigenvalue weighted by atomic mass is 16.5. The van der Waals surface area contributed by atoms with Gasteiger partial charge in [-0.3, -0.25) is 0 Å². The van der Waals surface area contributed by atoms with Crippen molar-refractivity contribution in [2.75, 3.05) is 0 Å². The molecule has 0 radical (unpaired) electrons. The Kier molecular flexibility index (Phi) is 5.93. The summed E-state index contributed by atoms with van der Waals surface area (Å²) >= 11 is 0. The van der Waals surface area contributed by atoms with E-state index in [1.807, 2.05) is 13.8 Å². The number of carbonyl (C=O) groups is 1. The molecule has 1 unspecified atom stereocenters. The quantitative estimate of drug-likeness (QED) is 0.271. The van der Waals surface area contributed by atoms with Crippen molar-refractivity contribution < 1.29 is 14.3 Å². The Bertz CT molecular complexity index is 185. The summed E-state index contributed by atoms with van der Waals surface area (Å²) in [5, 5.41) is 0. The average Bonchev–Trinajstić information content (AvgIpc) is 2.04. The lowest BCUT2D eigenvalue weighted by Crippen LogP contribution is -2.18. The van der Waals surface area contributed by atoms with Gasteiger partial charge in [0.1, 0.15) is 6.10 Å². The highest BCUT2D eigenvalue weighted by Crippen LogP contribution is 2.05. The first kappa shape index (κ1) is 10.8. The van der Waals surface area contributed by atoms with Gasteiger partial charge in [0.05, 0.1) is 0 Å². The summed E-state index contributed by atoms with van der Waals surface area (Å²) in [6, 6.07) is 0. The molecule has 0 aliphatic carbocycles. The van der Waals surface area contributed by atoms with Crippen molar-refractivity contribution in [2.24, 2.45) is 0 Å². The molecule has 0 aromatic carbocycles. The molecule has 1 atom stereocenters. The molecule has 0 aliphatic rings. The van der Waals surface area contributed by atoms with Crippen LogP contribution in [0.25, 0.3) is 5.53 Å². The lowest BCUT2D eigenvalue weighted by molar-refractivity contribution is -0.144. The number of carbonyl (C=O) groups excluding carboxylic acids is 1. The molecule has 4 nitrogen and oxygen atoms in total. The largest absolute Gasteiger partial charge is 0.454 e. The Hall–Kier alpha value is -1.15. The van der Waals surface area contributed by atoms with Crippen LogP contribution in [0.4, 0.5) is 0 Å². The smallest absolute Gasteiger partial charge is 0.413 e. The third kappa shape index (κ3) is 4.63. The first-order valence-corrected chi connectivity index (χ1v) is 4.12. The molecule has 0 aromatic rings. The van der Waals surface area contributed by atoms with E-state index in [2.05, 4.69) is 4.79 Å². The maximum atomic E-state index is 10.8. The van der Waals surface area contributed by atoms with Crippen LogP contribution < -0.4 is 0 Å². The molecule has 0 saturated heterocycles.